The standard InChI is InChI=1S/C8H10O4/c9-7(10)5-3-1-2-4-6(5)8(11)12/h1-2,5-6H,3-4H2,(H,9,10)(H,11,12)/t5-,6-/m0/s1. The summed E-state index contributed by atoms with van der Waals surface area (Å²) in [4.78, 5) is 21.1. The second-order valence-corrected chi connectivity index (χ2v) is 2.83. The summed E-state index contributed by atoms with van der Waals surface area (Å²) in [6.45, 7) is 0. The average molecular weight is 170 g/mol. The zero-order valence-corrected chi connectivity index (χ0v) is 6.43. The summed E-state index contributed by atoms with van der Waals surface area (Å²) in [5.41, 5.74) is 0. The Bertz CT molecular complexity index is 207. The Kier molecular flexibility index (Phi) is 2.47. The van der Waals surface area contributed by atoms with Crippen molar-refractivity contribution in [3.05, 3.63) is 12.2 Å². The van der Waals surface area contributed by atoms with Gasteiger partial charge in [0.15, 0.2) is 0 Å². The Morgan fingerprint density at radius 1 is 1.00 bits per heavy atom. The minimum Gasteiger partial charge on any atom is -0.481 e. The summed E-state index contributed by atoms with van der Waals surface area (Å²) >= 11 is 0. The SMILES string of the molecule is O=C(O)[C@H]1CC=CC[C@@H]1C(=O)O. The van der Waals surface area contributed by atoms with Gasteiger partial charge in [-0.1, -0.05) is 12.2 Å². The van der Waals surface area contributed by atoms with Crippen LogP contribution >= 0.6 is 0 Å². The lowest BCUT2D eigenvalue weighted by Gasteiger charge is -2.20. The maximum Gasteiger partial charge on any atom is 0.307 e. The fraction of sp³-hybridized carbons (Fsp3) is 0.500. The number of allylic oxidation sites excluding steroid dienone is 2. The van der Waals surface area contributed by atoms with Crippen LogP contribution < -0.4 is 0 Å². The minimum atomic E-state index is -1.02. The third kappa shape index (κ3) is 1.64. The van der Waals surface area contributed by atoms with Crippen LogP contribution in [0.2, 0.25) is 0 Å². The quantitative estimate of drug-likeness (QED) is 0.599. The Labute approximate surface area is 69.5 Å². The van der Waals surface area contributed by atoms with E-state index in [1.165, 1.54) is 0 Å². The van der Waals surface area contributed by atoms with Crippen molar-refractivity contribution in [2.24, 2.45) is 11.8 Å². The van der Waals surface area contributed by atoms with Gasteiger partial charge in [-0.3, -0.25) is 9.59 Å². The molecule has 0 bridgehead atoms. The van der Waals surface area contributed by atoms with Crippen molar-refractivity contribution in [3.8, 4) is 0 Å². The van der Waals surface area contributed by atoms with Crippen molar-refractivity contribution in [1.29, 1.82) is 0 Å². The first-order chi connectivity index (χ1) is 5.63. The number of aliphatic carboxylic acids is 2. The number of carbonyl (C=O) groups is 2. The van der Waals surface area contributed by atoms with Crippen LogP contribution in [0.4, 0.5) is 0 Å². The van der Waals surface area contributed by atoms with Gasteiger partial charge in [-0.05, 0) is 12.8 Å². The van der Waals surface area contributed by atoms with E-state index in [1.807, 2.05) is 0 Å². The largest absolute Gasteiger partial charge is 0.481 e. The van der Waals surface area contributed by atoms with Gasteiger partial charge in [0, 0.05) is 0 Å². The van der Waals surface area contributed by atoms with E-state index < -0.39 is 23.8 Å². The van der Waals surface area contributed by atoms with E-state index in [4.69, 9.17) is 10.2 Å². The molecule has 12 heavy (non-hydrogen) atoms. The Morgan fingerprint density at radius 2 is 1.33 bits per heavy atom. The lowest BCUT2D eigenvalue weighted by molar-refractivity contribution is -0.153. The van der Waals surface area contributed by atoms with Gasteiger partial charge in [0.05, 0.1) is 11.8 Å². The van der Waals surface area contributed by atoms with Crippen LogP contribution in [0.15, 0.2) is 12.2 Å². The molecular weight excluding hydrogens is 160 g/mol. The molecule has 0 amide bonds. The lowest BCUT2D eigenvalue weighted by atomic mass is 9.83. The second-order valence-electron chi connectivity index (χ2n) is 2.83. The predicted molar refractivity (Wildman–Crippen MR) is 40.6 cm³/mol. The van der Waals surface area contributed by atoms with Crippen molar-refractivity contribution < 1.29 is 19.8 Å². The maximum atomic E-state index is 10.6. The molecule has 4 nitrogen and oxygen atoms in total. The molecule has 0 aliphatic heterocycles. The second kappa shape index (κ2) is 3.38. The van der Waals surface area contributed by atoms with Gasteiger partial charge >= 0.3 is 11.9 Å². The highest BCUT2D eigenvalue weighted by Crippen LogP contribution is 2.25. The molecule has 4 heteroatoms. The first kappa shape index (κ1) is 8.77. The normalized spacial score (nSPS) is 28.3. The third-order valence-electron chi connectivity index (χ3n) is 2.07. The maximum absolute atomic E-state index is 10.6. The highest BCUT2D eigenvalue weighted by Gasteiger charge is 2.33. The van der Waals surface area contributed by atoms with E-state index in [2.05, 4.69) is 0 Å². The van der Waals surface area contributed by atoms with E-state index in [9.17, 15) is 9.59 Å². The smallest absolute Gasteiger partial charge is 0.307 e. The highest BCUT2D eigenvalue weighted by atomic mass is 16.4. The van der Waals surface area contributed by atoms with Crippen molar-refractivity contribution >= 4 is 11.9 Å². The predicted octanol–water partition coefficient (Wildman–Crippen LogP) is 0.738. The molecule has 1 rings (SSSR count). The Hall–Kier alpha value is -1.32. The van der Waals surface area contributed by atoms with Crippen LogP contribution in [-0.2, 0) is 9.59 Å². The summed E-state index contributed by atoms with van der Waals surface area (Å²) in [5, 5.41) is 17.3. The average Bonchev–Trinajstić information content (AvgIpc) is 2.04. The molecule has 0 spiro atoms. The van der Waals surface area contributed by atoms with Crippen LogP contribution in [0.1, 0.15) is 12.8 Å². The molecule has 0 saturated heterocycles. The molecular formula is C8H10O4. The number of carboxylic acids is 2. The van der Waals surface area contributed by atoms with Gasteiger partial charge in [-0.2, -0.15) is 0 Å². The van der Waals surface area contributed by atoms with Crippen molar-refractivity contribution in [1.82, 2.24) is 0 Å². The minimum absolute atomic E-state index is 0.326. The van der Waals surface area contributed by atoms with Crippen molar-refractivity contribution in [2.75, 3.05) is 0 Å². The lowest BCUT2D eigenvalue weighted by Crippen LogP contribution is -2.30. The molecule has 1 aliphatic carbocycles. The molecule has 1 aliphatic rings. The van der Waals surface area contributed by atoms with Gasteiger partial charge in [-0.15, -0.1) is 0 Å². The van der Waals surface area contributed by atoms with Gasteiger partial charge in [0.1, 0.15) is 0 Å². The number of rotatable bonds is 2. The fourth-order valence-corrected chi connectivity index (χ4v) is 1.36. The monoisotopic (exact) mass is 170 g/mol. The van der Waals surface area contributed by atoms with Crippen LogP contribution in [0.5, 0.6) is 0 Å². The molecule has 0 aromatic carbocycles. The van der Waals surface area contributed by atoms with Gasteiger partial charge in [-0.25, -0.2) is 0 Å². The molecule has 0 saturated carbocycles. The van der Waals surface area contributed by atoms with E-state index >= 15 is 0 Å². The first-order valence-corrected chi connectivity index (χ1v) is 3.73. The van der Waals surface area contributed by atoms with E-state index in [-0.39, 0.29) is 0 Å². The van der Waals surface area contributed by atoms with E-state index in [1.54, 1.807) is 12.2 Å². The summed E-state index contributed by atoms with van der Waals surface area (Å²) in [5.74, 6) is -3.56. The van der Waals surface area contributed by atoms with Gasteiger partial charge in [0.2, 0.25) is 0 Å². The molecule has 66 valence electrons. The molecule has 0 fully saturated rings. The summed E-state index contributed by atoms with van der Waals surface area (Å²) in [6.07, 6.45) is 4.09. The Morgan fingerprint density at radius 3 is 1.58 bits per heavy atom. The van der Waals surface area contributed by atoms with Crippen LogP contribution in [0.25, 0.3) is 0 Å². The molecule has 0 unspecified atom stereocenters. The van der Waals surface area contributed by atoms with Crippen LogP contribution in [-0.4, -0.2) is 22.2 Å². The van der Waals surface area contributed by atoms with E-state index in [0.29, 0.717) is 12.8 Å². The summed E-state index contributed by atoms with van der Waals surface area (Å²) < 4.78 is 0. The van der Waals surface area contributed by atoms with Crippen molar-refractivity contribution in [2.45, 2.75) is 12.8 Å². The zero-order valence-electron chi connectivity index (χ0n) is 6.43. The van der Waals surface area contributed by atoms with Gasteiger partial charge in [0.25, 0.3) is 0 Å². The first-order valence-electron chi connectivity index (χ1n) is 3.73. The number of hydrogen-bond donors (Lipinski definition) is 2. The molecule has 0 aromatic heterocycles. The van der Waals surface area contributed by atoms with Crippen molar-refractivity contribution in [3.63, 3.8) is 0 Å². The molecule has 2 N–H and O–H groups in total. The van der Waals surface area contributed by atoms with Crippen LogP contribution in [0, 0.1) is 11.8 Å². The molecule has 0 radical (unpaired) electrons. The van der Waals surface area contributed by atoms with Gasteiger partial charge < -0.3 is 10.2 Å². The molecule has 0 aromatic rings. The number of carboxylic acid groups (broad SMARTS) is 2. The topological polar surface area (TPSA) is 74.6 Å². The fourth-order valence-electron chi connectivity index (χ4n) is 1.36. The Balaban J connectivity index is 2.76. The highest BCUT2D eigenvalue weighted by molar-refractivity contribution is 5.80. The summed E-state index contributed by atoms with van der Waals surface area (Å²) in [6, 6.07) is 0. The summed E-state index contributed by atoms with van der Waals surface area (Å²) in [7, 11) is 0. The molecule has 2 atom stereocenters. The van der Waals surface area contributed by atoms with Crippen LogP contribution in [0.3, 0.4) is 0 Å². The number of hydrogen-bond acceptors (Lipinski definition) is 2. The molecule has 0 heterocycles. The third-order valence-corrected chi connectivity index (χ3v) is 2.07. The zero-order chi connectivity index (χ0) is 9.14. The van der Waals surface area contributed by atoms with E-state index in [0.717, 1.165) is 0 Å².